The van der Waals surface area contributed by atoms with Crippen LogP contribution in [0.4, 0.5) is 24.7 Å². The van der Waals surface area contributed by atoms with Crippen molar-refractivity contribution in [3.05, 3.63) is 47.4 Å². The lowest BCUT2D eigenvalue weighted by Gasteiger charge is -2.21. The topological polar surface area (TPSA) is 82.3 Å². The summed E-state index contributed by atoms with van der Waals surface area (Å²) < 4.78 is 49.3. The van der Waals surface area contributed by atoms with E-state index in [2.05, 4.69) is 15.3 Å². The van der Waals surface area contributed by atoms with Crippen molar-refractivity contribution >= 4 is 17.1 Å². The van der Waals surface area contributed by atoms with Crippen molar-refractivity contribution in [1.29, 1.82) is 0 Å². The van der Waals surface area contributed by atoms with Gasteiger partial charge in [0.05, 0.1) is 36.5 Å². The van der Waals surface area contributed by atoms with Gasteiger partial charge in [-0.3, -0.25) is 4.98 Å². The number of para-hydroxylation sites is 1. The summed E-state index contributed by atoms with van der Waals surface area (Å²) in [5.41, 5.74) is 9.18. The summed E-state index contributed by atoms with van der Waals surface area (Å²) in [5.74, 6) is 0.960. The van der Waals surface area contributed by atoms with E-state index in [0.717, 1.165) is 24.1 Å². The van der Waals surface area contributed by atoms with Crippen molar-refractivity contribution in [2.24, 2.45) is 5.73 Å². The van der Waals surface area contributed by atoms with Crippen LogP contribution in [0, 0.1) is 0 Å². The van der Waals surface area contributed by atoms with E-state index >= 15 is 0 Å². The molecule has 1 aliphatic heterocycles. The number of hydrogen-bond donors (Lipinski definition) is 2. The van der Waals surface area contributed by atoms with Gasteiger partial charge >= 0.3 is 6.18 Å². The summed E-state index contributed by atoms with van der Waals surface area (Å²) in [6, 6.07) is 5.17. The van der Waals surface area contributed by atoms with Gasteiger partial charge in [0.2, 0.25) is 0 Å². The standard InChI is InChI=1S/C21H23F3N4O2/c22-21(23,24)12-30-19-15(13-6-8-29-9-7-13)2-1-3-16(19)28-20-17(10-25)27-18(11-26-20)14-4-5-14/h1-3,6,11,14H,4-5,7-10,12,25H2,(H,26,28). The van der Waals surface area contributed by atoms with E-state index in [4.69, 9.17) is 15.2 Å². The van der Waals surface area contributed by atoms with E-state index in [0.29, 0.717) is 48.3 Å². The van der Waals surface area contributed by atoms with E-state index in [-0.39, 0.29) is 12.3 Å². The average molecular weight is 420 g/mol. The Bertz CT molecular complexity index is 942. The molecule has 1 aliphatic carbocycles. The molecule has 0 spiro atoms. The molecular formula is C21H23F3N4O2. The van der Waals surface area contributed by atoms with Crippen LogP contribution >= 0.6 is 0 Å². The van der Waals surface area contributed by atoms with Gasteiger partial charge in [0.1, 0.15) is 0 Å². The predicted molar refractivity (Wildman–Crippen MR) is 107 cm³/mol. The molecule has 9 heteroatoms. The Balaban J connectivity index is 1.69. The normalized spacial score (nSPS) is 16.9. The van der Waals surface area contributed by atoms with Crippen LogP contribution in [0.1, 0.15) is 42.1 Å². The number of nitrogens with one attached hydrogen (secondary N) is 1. The molecule has 1 aromatic carbocycles. The van der Waals surface area contributed by atoms with Gasteiger partial charge in [-0.2, -0.15) is 13.2 Å². The fraction of sp³-hybridized carbons (Fsp3) is 0.429. The molecule has 30 heavy (non-hydrogen) atoms. The van der Waals surface area contributed by atoms with Crippen LogP contribution in [-0.4, -0.2) is 36.0 Å². The van der Waals surface area contributed by atoms with Crippen molar-refractivity contribution in [2.75, 3.05) is 25.1 Å². The molecule has 0 radical (unpaired) electrons. The quantitative estimate of drug-likeness (QED) is 0.695. The molecule has 0 unspecified atom stereocenters. The Labute approximate surface area is 172 Å². The van der Waals surface area contributed by atoms with Gasteiger partial charge in [-0.25, -0.2) is 4.98 Å². The number of nitrogens with zero attached hydrogens (tertiary/aromatic N) is 2. The molecule has 3 N–H and O–H groups in total. The maximum absolute atomic E-state index is 12.9. The monoisotopic (exact) mass is 420 g/mol. The molecule has 0 saturated heterocycles. The number of alkyl halides is 3. The third kappa shape index (κ3) is 4.91. The zero-order valence-corrected chi connectivity index (χ0v) is 16.3. The van der Waals surface area contributed by atoms with Crippen LogP contribution in [0.2, 0.25) is 0 Å². The number of hydrogen-bond acceptors (Lipinski definition) is 6. The second-order valence-electron chi connectivity index (χ2n) is 7.33. The molecule has 0 bridgehead atoms. The lowest BCUT2D eigenvalue weighted by molar-refractivity contribution is -0.153. The van der Waals surface area contributed by atoms with E-state index < -0.39 is 12.8 Å². The first-order valence-electron chi connectivity index (χ1n) is 9.87. The highest BCUT2D eigenvalue weighted by atomic mass is 19.4. The van der Waals surface area contributed by atoms with Gasteiger partial charge in [-0.15, -0.1) is 0 Å². The van der Waals surface area contributed by atoms with Crippen LogP contribution in [0.15, 0.2) is 30.5 Å². The molecular weight excluding hydrogens is 397 g/mol. The van der Waals surface area contributed by atoms with E-state index in [1.807, 2.05) is 6.08 Å². The van der Waals surface area contributed by atoms with Crippen LogP contribution in [-0.2, 0) is 11.3 Å². The Morgan fingerprint density at radius 3 is 2.77 bits per heavy atom. The van der Waals surface area contributed by atoms with Gasteiger partial charge in [0.25, 0.3) is 0 Å². The fourth-order valence-electron chi connectivity index (χ4n) is 3.36. The molecule has 4 rings (SSSR count). The SMILES string of the molecule is NCc1nc(C2CC2)cnc1Nc1cccc(C2=CCOCC2)c1OCC(F)(F)F. The largest absolute Gasteiger partial charge is 0.481 e. The van der Waals surface area contributed by atoms with Gasteiger partial charge in [-0.1, -0.05) is 18.2 Å². The third-order valence-electron chi connectivity index (χ3n) is 5.01. The Hall–Kier alpha value is -2.65. The Kier molecular flexibility index (Phi) is 5.92. The van der Waals surface area contributed by atoms with Crippen LogP contribution in [0.25, 0.3) is 5.57 Å². The number of nitrogens with two attached hydrogens (primary N) is 1. The lowest BCUT2D eigenvalue weighted by atomic mass is 9.99. The van der Waals surface area contributed by atoms with Gasteiger partial charge < -0.3 is 20.5 Å². The molecule has 2 aliphatic rings. The number of rotatable bonds is 7. The summed E-state index contributed by atoms with van der Waals surface area (Å²) in [6.45, 7) is -0.305. The third-order valence-corrected chi connectivity index (χ3v) is 5.01. The highest BCUT2D eigenvalue weighted by Gasteiger charge is 2.30. The van der Waals surface area contributed by atoms with Crippen molar-refractivity contribution in [2.45, 2.75) is 37.9 Å². The molecule has 0 atom stereocenters. The Morgan fingerprint density at radius 1 is 1.27 bits per heavy atom. The summed E-state index contributed by atoms with van der Waals surface area (Å²) >= 11 is 0. The molecule has 2 aromatic rings. The van der Waals surface area contributed by atoms with Crippen molar-refractivity contribution in [3.8, 4) is 5.75 Å². The highest BCUT2D eigenvalue weighted by Crippen LogP contribution is 2.40. The van der Waals surface area contributed by atoms with Crippen LogP contribution < -0.4 is 15.8 Å². The second-order valence-corrected chi connectivity index (χ2v) is 7.33. The smallest absolute Gasteiger partial charge is 0.422 e. The first-order valence-corrected chi connectivity index (χ1v) is 9.87. The van der Waals surface area contributed by atoms with Crippen molar-refractivity contribution in [1.82, 2.24) is 9.97 Å². The zero-order valence-electron chi connectivity index (χ0n) is 16.3. The van der Waals surface area contributed by atoms with E-state index in [9.17, 15) is 13.2 Å². The first-order chi connectivity index (χ1) is 14.4. The first kappa shape index (κ1) is 20.6. The minimum atomic E-state index is -4.46. The second kappa shape index (κ2) is 8.61. The van der Waals surface area contributed by atoms with Gasteiger partial charge in [0.15, 0.2) is 18.2 Å². The van der Waals surface area contributed by atoms with Crippen molar-refractivity contribution in [3.63, 3.8) is 0 Å². The summed E-state index contributed by atoms with van der Waals surface area (Å²) in [7, 11) is 0. The molecule has 0 amide bonds. The van der Waals surface area contributed by atoms with Crippen LogP contribution in [0.5, 0.6) is 5.75 Å². The maximum atomic E-state index is 12.9. The van der Waals surface area contributed by atoms with Gasteiger partial charge in [-0.05, 0) is 30.9 Å². The predicted octanol–water partition coefficient (Wildman–Crippen LogP) is 4.30. The molecule has 2 heterocycles. The summed E-state index contributed by atoms with van der Waals surface area (Å²) in [6.07, 6.45) is 1.86. The van der Waals surface area contributed by atoms with E-state index in [1.165, 1.54) is 0 Å². The fourth-order valence-corrected chi connectivity index (χ4v) is 3.36. The lowest BCUT2D eigenvalue weighted by Crippen LogP contribution is -2.20. The zero-order chi connectivity index (χ0) is 21.1. The molecule has 160 valence electrons. The number of aromatic nitrogens is 2. The van der Waals surface area contributed by atoms with E-state index in [1.54, 1.807) is 24.4 Å². The summed E-state index contributed by atoms with van der Waals surface area (Å²) in [5, 5.41) is 3.09. The Morgan fingerprint density at radius 2 is 2.10 bits per heavy atom. The average Bonchev–Trinajstić information content (AvgIpc) is 3.58. The van der Waals surface area contributed by atoms with Gasteiger partial charge in [0, 0.05) is 18.0 Å². The molecule has 1 saturated carbocycles. The maximum Gasteiger partial charge on any atom is 0.422 e. The molecule has 1 aromatic heterocycles. The number of benzene rings is 1. The minimum absolute atomic E-state index is 0.124. The van der Waals surface area contributed by atoms with Crippen LogP contribution in [0.3, 0.4) is 0 Å². The molecule has 1 fully saturated rings. The molecule has 6 nitrogen and oxygen atoms in total. The number of anilines is 2. The minimum Gasteiger partial charge on any atom is -0.481 e. The number of halogens is 3. The number of ether oxygens (including phenoxy) is 2. The summed E-state index contributed by atoms with van der Waals surface area (Å²) in [4.78, 5) is 9.01. The van der Waals surface area contributed by atoms with Crippen molar-refractivity contribution < 1.29 is 22.6 Å². The highest BCUT2D eigenvalue weighted by molar-refractivity contribution is 5.79.